The van der Waals surface area contributed by atoms with Gasteiger partial charge in [0.25, 0.3) is 11.8 Å². The summed E-state index contributed by atoms with van der Waals surface area (Å²) in [6.07, 6.45) is 0.0155. The van der Waals surface area contributed by atoms with E-state index in [4.69, 9.17) is 11.6 Å². The van der Waals surface area contributed by atoms with Crippen LogP contribution in [0.25, 0.3) is 0 Å². The Morgan fingerprint density at radius 2 is 2.26 bits per heavy atom. The van der Waals surface area contributed by atoms with Gasteiger partial charge in [0.05, 0.1) is 0 Å². The molecule has 1 saturated heterocycles. The molecule has 0 aliphatic carbocycles. The van der Waals surface area contributed by atoms with Gasteiger partial charge in [-0.2, -0.15) is 0 Å². The summed E-state index contributed by atoms with van der Waals surface area (Å²) in [5.41, 5.74) is -1.60. The highest BCUT2D eigenvalue weighted by atomic mass is 35.5. The van der Waals surface area contributed by atoms with E-state index in [1.165, 1.54) is 12.1 Å². The minimum absolute atomic E-state index is 0.0155. The molecule has 0 saturated carbocycles. The van der Waals surface area contributed by atoms with Gasteiger partial charge in [0.15, 0.2) is 0 Å². The number of carbonyl (C=O) groups is 2. The molecular weight excluding hydrogens is 275 g/mol. The van der Waals surface area contributed by atoms with Gasteiger partial charge in [-0.1, -0.05) is 11.6 Å². The summed E-state index contributed by atoms with van der Waals surface area (Å²) in [6.45, 7) is 0.223. The molecule has 1 aliphatic heterocycles. The number of hydrogen-bond donors (Lipinski definition) is 3. The summed E-state index contributed by atoms with van der Waals surface area (Å²) in [7, 11) is 0. The largest absolute Gasteiger partial charge is 0.372 e. The Hall–Kier alpha value is -1.66. The molecule has 3 N–H and O–H groups in total. The molecule has 7 heteroatoms. The predicted octanol–water partition coefficient (Wildman–Crippen LogP) is 0.346. The molecular formula is C12H12ClFN2O3. The highest BCUT2D eigenvalue weighted by Crippen LogP contribution is 2.17. The molecule has 0 unspecified atom stereocenters. The third-order valence-corrected chi connectivity index (χ3v) is 3.12. The third kappa shape index (κ3) is 2.85. The number of carbonyl (C=O) groups excluding carboxylic acids is 2. The third-order valence-electron chi connectivity index (χ3n) is 2.90. The molecule has 0 aromatic heterocycles. The highest BCUT2D eigenvalue weighted by Gasteiger charge is 2.47. The number of nitrogens with one attached hydrogen (secondary N) is 2. The van der Waals surface area contributed by atoms with Crippen molar-refractivity contribution in [3.8, 4) is 0 Å². The van der Waals surface area contributed by atoms with Crippen molar-refractivity contribution in [3.63, 3.8) is 0 Å². The van der Waals surface area contributed by atoms with E-state index in [9.17, 15) is 19.1 Å². The van der Waals surface area contributed by atoms with E-state index in [2.05, 4.69) is 10.6 Å². The second kappa shape index (κ2) is 5.14. The molecule has 2 amide bonds. The van der Waals surface area contributed by atoms with Crippen LogP contribution in [0.5, 0.6) is 0 Å². The van der Waals surface area contributed by atoms with Crippen molar-refractivity contribution in [2.45, 2.75) is 18.6 Å². The summed E-state index contributed by atoms with van der Waals surface area (Å²) >= 11 is 5.68. The second-order valence-electron chi connectivity index (χ2n) is 4.33. The Labute approximate surface area is 113 Å². The minimum Gasteiger partial charge on any atom is -0.372 e. The number of rotatable bonds is 3. The van der Waals surface area contributed by atoms with E-state index < -0.39 is 23.2 Å². The summed E-state index contributed by atoms with van der Waals surface area (Å²) in [5.74, 6) is -2.04. The van der Waals surface area contributed by atoms with Gasteiger partial charge in [-0.15, -0.1) is 0 Å². The van der Waals surface area contributed by atoms with Gasteiger partial charge in [0, 0.05) is 24.5 Å². The van der Waals surface area contributed by atoms with Crippen LogP contribution in [-0.2, 0) is 16.1 Å². The predicted molar refractivity (Wildman–Crippen MR) is 65.8 cm³/mol. The monoisotopic (exact) mass is 286 g/mol. The Bertz CT molecular complexity index is 517. The lowest BCUT2D eigenvalue weighted by Crippen LogP contribution is -2.51. The molecule has 2 rings (SSSR count). The first kappa shape index (κ1) is 13.8. The SMILES string of the molecule is O=C1NCC[C@]1(O)C(=O)NCc1cc(F)cc(Cl)c1. The average Bonchev–Trinajstić information content (AvgIpc) is 2.67. The van der Waals surface area contributed by atoms with Gasteiger partial charge in [-0.3, -0.25) is 9.59 Å². The van der Waals surface area contributed by atoms with E-state index >= 15 is 0 Å². The van der Waals surface area contributed by atoms with Crippen LogP contribution in [0.1, 0.15) is 12.0 Å². The van der Waals surface area contributed by atoms with Crippen molar-refractivity contribution >= 4 is 23.4 Å². The van der Waals surface area contributed by atoms with Gasteiger partial charge in [0.2, 0.25) is 5.60 Å². The first-order chi connectivity index (χ1) is 8.91. The number of aliphatic hydroxyl groups is 1. The molecule has 19 heavy (non-hydrogen) atoms. The van der Waals surface area contributed by atoms with Gasteiger partial charge in [-0.25, -0.2) is 4.39 Å². The summed E-state index contributed by atoms with van der Waals surface area (Å²) in [5, 5.41) is 14.9. The fourth-order valence-corrected chi connectivity index (χ4v) is 2.12. The van der Waals surface area contributed by atoms with Crippen LogP contribution in [0.15, 0.2) is 18.2 Å². The van der Waals surface area contributed by atoms with Crippen molar-refractivity contribution in [2.24, 2.45) is 0 Å². The maximum Gasteiger partial charge on any atom is 0.262 e. The summed E-state index contributed by atoms with van der Waals surface area (Å²) < 4.78 is 13.1. The smallest absolute Gasteiger partial charge is 0.262 e. The molecule has 1 aromatic rings. The average molecular weight is 287 g/mol. The molecule has 0 bridgehead atoms. The lowest BCUT2D eigenvalue weighted by atomic mass is 10.0. The first-order valence-corrected chi connectivity index (χ1v) is 6.03. The number of benzene rings is 1. The van der Waals surface area contributed by atoms with Crippen LogP contribution in [0.3, 0.4) is 0 Å². The molecule has 1 aromatic carbocycles. The fraction of sp³-hybridized carbons (Fsp3) is 0.333. The van der Waals surface area contributed by atoms with Crippen LogP contribution in [-0.4, -0.2) is 29.1 Å². The zero-order valence-corrected chi connectivity index (χ0v) is 10.6. The molecule has 1 atom stereocenters. The Morgan fingerprint density at radius 3 is 2.84 bits per heavy atom. The van der Waals surface area contributed by atoms with E-state index in [1.807, 2.05) is 0 Å². The van der Waals surface area contributed by atoms with Crippen LogP contribution in [0.2, 0.25) is 5.02 Å². The zero-order chi connectivity index (χ0) is 14.0. The minimum atomic E-state index is -2.04. The maximum absolute atomic E-state index is 13.1. The van der Waals surface area contributed by atoms with Gasteiger partial charge in [-0.05, 0) is 23.8 Å². The highest BCUT2D eigenvalue weighted by molar-refractivity contribution is 6.30. The molecule has 1 aliphatic rings. The van der Waals surface area contributed by atoms with E-state index in [-0.39, 0.29) is 24.5 Å². The summed E-state index contributed by atoms with van der Waals surface area (Å²) in [6, 6.07) is 3.85. The van der Waals surface area contributed by atoms with Gasteiger partial charge >= 0.3 is 0 Å². The maximum atomic E-state index is 13.1. The molecule has 102 valence electrons. The van der Waals surface area contributed by atoms with Crippen molar-refractivity contribution in [1.29, 1.82) is 0 Å². The van der Waals surface area contributed by atoms with Crippen molar-refractivity contribution in [1.82, 2.24) is 10.6 Å². The van der Waals surface area contributed by atoms with E-state index in [1.54, 1.807) is 0 Å². The quantitative estimate of drug-likeness (QED) is 0.702. The molecule has 1 fully saturated rings. The Balaban J connectivity index is 2.02. The topological polar surface area (TPSA) is 78.4 Å². The zero-order valence-electron chi connectivity index (χ0n) is 9.87. The standard InChI is InChI=1S/C12H12ClFN2O3/c13-8-3-7(4-9(14)5-8)6-16-11(18)12(19)1-2-15-10(12)17/h3-5,19H,1-2,6H2,(H,15,17)(H,16,18)/t12-/m1/s1. The second-order valence-corrected chi connectivity index (χ2v) is 4.76. The van der Waals surface area contributed by atoms with E-state index in [0.717, 1.165) is 6.07 Å². The number of halogens is 2. The number of hydrogen-bond acceptors (Lipinski definition) is 3. The molecule has 0 spiro atoms. The van der Waals surface area contributed by atoms with Gasteiger partial charge < -0.3 is 15.7 Å². The van der Waals surface area contributed by atoms with Crippen molar-refractivity contribution < 1.29 is 19.1 Å². The molecule has 0 radical (unpaired) electrons. The fourth-order valence-electron chi connectivity index (χ4n) is 1.87. The van der Waals surface area contributed by atoms with Crippen LogP contribution in [0, 0.1) is 5.82 Å². The van der Waals surface area contributed by atoms with Crippen molar-refractivity contribution in [2.75, 3.05) is 6.54 Å². The van der Waals surface area contributed by atoms with Crippen LogP contribution >= 0.6 is 11.6 Å². The Morgan fingerprint density at radius 1 is 1.53 bits per heavy atom. The van der Waals surface area contributed by atoms with E-state index in [0.29, 0.717) is 5.56 Å². The first-order valence-electron chi connectivity index (χ1n) is 5.66. The lowest BCUT2D eigenvalue weighted by molar-refractivity contribution is -0.150. The van der Waals surface area contributed by atoms with Gasteiger partial charge in [0.1, 0.15) is 5.82 Å². The lowest BCUT2D eigenvalue weighted by Gasteiger charge is -2.18. The summed E-state index contributed by atoms with van der Waals surface area (Å²) in [4.78, 5) is 23.1. The number of amides is 2. The van der Waals surface area contributed by atoms with Crippen molar-refractivity contribution in [3.05, 3.63) is 34.6 Å². The van der Waals surface area contributed by atoms with Crippen LogP contribution in [0.4, 0.5) is 4.39 Å². The molecule has 5 nitrogen and oxygen atoms in total. The molecule has 1 heterocycles. The normalized spacial score (nSPS) is 22.2. The Kier molecular flexibility index (Phi) is 3.73. The van der Waals surface area contributed by atoms with Crippen LogP contribution < -0.4 is 10.6 Å².